The first-order valence-electron chi connectivity index (χ1n) is 6.53. The summed E-state index contributed by atoms with van der Waals surface area (Å²) in [4.78, 5) is 13.6. The molecule has 4 nitrogen and oxygen atoms in total. The van der Waals surface area contributed by atoms with Crippen molar-refractivity contribution in [3.63, 3.8) is 0 Å². The number of amides is 1. The summed E-state index contributed by atoms with van der Waals surface area (Å²) in [5, 5.41) is 0. The van der Waals surface area contributed by atoms with Crippen LogP contribution in [0.15, 0.2) is 18.2 Å². The van der Waals surface area contributed by atoms with Crippen molar-refractivity contribution in [3.8, 4) is 5.75 Å². The van der Waals surface area contributed by atoms with Gasteiger partial charge in [0.05, 0.1) is 0 Å². The molecule has 0 unspecified atom stereocenters. The number of nitrogens with two attached hydrogens (primary N) is 1. The minimum absolute atomic E-state index is 0.0580. The molecule has 1 atom stereocenters. The fourth-order valence-electron chi connectivity index (χ4n) is 2.21. The van der Waals surface area contributed by atoms with Gasteiger partial charge in [0, 0.05) is 30.8 Å². The van der Waals surface area contributed by atoms with Crippen molar-refractivity contribution < 1.29 is 13.9 Å². The van der Waals surface area contributed by atoms with Gasteiger partial charge in [0.2, 0.25) is 0 Å². The van der Waals surface area contributed by atoms with Crippen LogP contribution in [0.5, 0.6) is 5.75 Å². The van der Waals surface area contributed by atoms with Crippen LogP contribution in [0.3, 0.4) is 0 Å². The molecule has 0 bridgehead atoms. The van der Waals surface area contributed by atoms with Crippen LogP contribution in [0.2, 0.25) is 0 Å². The van der Waals surface area contributed by atoms with E-state index in [2.05, 4.69) is 0 Å². The summed E-state index contributed by atoms with van der Waals surface area (Å²) in [5.74, 6) is -0.104. The van der Waals surface area contributed by atoms with Crippen molar-refractivity contribution in [2.75, 3.05) is 19.7 Å². The smallest absolute Gasteiger partial charge is 0.260 e. The lowest BCUT2D eigenvalue weighted by molar-refractivity contribution is -0.132. The molecule has 5 heteroatoms. The van der Waals surface area contributed by atoms with Gasteiger partial charge in [-0.1, -0.05) is 6.07 Å². The Bertz CT molecular complexity index is 457. The number of rotatable bonds is 4. The van der Waals surface area contributed by atoms with E-state index in [9.17, 15) is 9.18 Å². The Balaban J connectivity index is 2.01. The molecule has 0 radical (unpaired) electrons. The molecule has 1 amide bonds. The first kappa shape index (κ1) is 13.8. The summed E-state index contributed by atoms with van der Waals surface area (Å²) >= 11 is 0. The summed E-state index contributed by atoms with van der Waals surface area (Å²) in [7, 11) is 0. The van der Waals surface area contributed by atoms with E-state index in [1.165, 1.54) is 12.1 Å². The molecule has 0 aromatic heterocycles. The average molecular weight is 266 g/mol. The lowest BCUT2D eigenvalue weighted by atomic mass is 10.1. The molecule has 0 spiro atoms. The Hall–Kier alpha value is -1.62. The van der Waals surface area contributed by atoms with Gasteiger partial charge >= 0.3 is 0 Å². The van der Waals surface area contributed by atoms with Crippen LogP contribution < -0.4 is 10.5 Å². The highest BCUT2D eigenvalue weighted by Gasteiger charge is 2.19. The van der Waals surface area contributed by atoms with E-state index in [0.29, 0.717) is 11.3 Å². The molecule has 19 heavy (non-hydrogen) atoms. The third-order valence-corrected chi connectivity index (χ3v) is 3.28. The zero-order valence-corrected chi connectivity index (χ0v) is 11.1. The third-order valence-electron chi connectivity index (χ3n) is 3.28. The second-order valence-electron chi connectivity index (χ2n) is 4.85. The van der Waals surface area contributed by atoms with Gasteiger partial charge in [0.15, 0.2) is 6.61 Å². The zero-order chi connectivity index (χ0) is 13.8. The lowest BCUT2D eigenvalue weighted by Crippen LogP contribution is -2.32. The first-order valence-corrected chi connectivity index (χ1v) is 6.53. The lowest BCUT2D eigenvalue weighted by Gasteiger charge is -2.17. The van der Waals surface area contributed by atoms with Crippen LogP contribution in [0.4, 0.5) is 4.39 Å². The molecule has 1 saturated heterocycles. The quantitative estimate of drug-likeness (QED) is 0.904. The van der Waals surface area contributed by atoms with Gasteiger partial charge in [-0.3, -0.25) is 4.79 Å². The molecule has 1 aromatic carbocycles. The van der Waals surface area contributed by atoms with E-state index in [-0.39, 0.29) is 18.6 Å². The van der Waals surface area contributed by atoms with Gasteiger partial charge in [0.1, 0.15) is 11.6 Å². The second kappa shape index (κ2) is 6.02. The highest BCUT2D eigenvalue weighted by atomic mass is 19.1. The van der Waals surface area contributed by atoms with E-state index in [0.717, 1.165) is 25.9 Å². The van der Waals surface area contributed by atoms with Crippen LogP contribution >= 0.6 is 0 Å². The molecular formula is C14H19FN2O2. The summed E-state index contributed by atoms with van der Waals surface area (Å²) in [6.07, 6.45) is 2.08. The first-order chi connectivity index (χ1) is 9.08. The number of nitrogens with zero attached hydrogens (tertiary/aromatic N) is 1. The second-order valence-corrected chi connectivity index (χ2v) is 4.85. The predicted octanol–water partition coefficient (Wildman–Crippen LogP) is 1.85. The fourth-order valence-corrected chi connectivity index (χ4v) is 2.21. The zero-order valence-electron chi connectivity index (χ0n) is 11.1. The number of hydrogen-bond donors (Lipinski definition) is 1. The standard InChI is InChI=1S/C14H19FN2O2/c1-10(16)12-5-4-11(15)8-13(12)19-9-14(18)17-6-2-3-7-17/h4-5,8,10H,2-3,6-7,9,16H2,1H3/t10-/m1/s1. The number of likely N-dealkylation sites (tertiary alicyclic amines) is 1. The highest BCUT2D eigenvalue weighted by Crippen LogP contribution is 2.25. The molecule has 1 aromatic rings. The number of hydrogen-bond acceptors (Lipinski definition) is 3. The summed E-state index contributed by atoms with van der Waals surface area (Å²) < 4.78 is 18.7. The normalized spacial score (nSPS) is 16.5. The van der Waals surface area contributed by atoms with E-state index < -0.39 is 5.82 Å². The monoisotopic (exact) mass is 266 g/mol. The van der Waals surface area contributed by atoms with Crippen molar-refractivity contribution in [2.45, 2.75) is 25.8 Å². The third kappa shape index (κ3) is 3.44. The Morgan fingerprint density at radius 1 is 1.47 bits per heavy atom. The van der Waals surface area contributed by atoms with E-state index in [4.69, 9.17) is 10.5 Å². The minimum atomic E-state index is -0.395. The van der Waals surface area contributed by atoms with Crippen molar-refractivity contribution in [1.29, 1.82) is 0 Å². The predicted molar refractivity (Wildman–Crippen MR) is 70.3 cm³/mol. The van der Waals surface area contributed by atoms with Gasteiger partial charge in [-0.2, -0.15) is 0 Å². The van der Waals surface area contributed by atoms with Crippen molar-refractivity contribution >= 4 is 5.91 Å². The van der Waals surface area contributed by atoms with Gasteiger partial charge in [0.25, 0.3) is 5.91 Å². The molecule has 1 aliphatic rings. The SMILES string of the molecule is C[C@@H](N)c1ccc(F)cc1OCC(=O)N1CCCC1. The average Bonchev–Trinajstić information content (AvgIpc) is 2.89. The Labute approximate surface area is 112 Å². The Kier molecular flexibility index (Phi) is 4.37. The van der Waals surface area contributed by atoms with Crippen molar-refractivity contribution in [1.82, 2.24) is 4.90 Å². The molecule has 2 N–H and O–H groups in total. The number of ether oxygens (including phenoxy) is 1. The van der Waals surface area contributed by atoms with Crippen molar-refractivity contribution in [3.05, 3.63) is 29.6 Å². The van der Waals surface area contributed by atoms with E-state index >= 15 is 0 Å². The maximum absolute atomic E-state index is 13.2. The summed E-state index contributed by atoms with van der Waals surface area (Å²) in [6.45, 7) is 3.29. The van der Waals surface area contributed by atoms with Crippen molar-refractivity contribution in [2.24, 2.45) is 5.73 Å². The molecular weight excluding hydrogens is 247 g/mol. The molecule has 0 aliphatic carbocycles. The van der Waals surface area contributed by atoms with Crippen LogP contribution in [0.25, 0.3) is 0 Å². The Morgan fingerprint density at radius 2 is 2.16 bits per heavy atom. The maximum atomic E-state index is 13.2. The highest BCUT2D eigenvalue weighted by molar-refractivity contribution is 5.78. The minimum Gasteiger partial charge on any atom is -0.483 e. The van der Waals surface area contributed by atoms with Gasteiger partial charge in [-0.15, -0.1) is 0 Å². The number of carbonyl (C=O) groups excluding carboxylic acids is 1. The number of benzene rings is 1. The molecule has 1 aliphatic heterocycles. The molecule has 104 valence electrons. The van der Waals surface area contributed by atoms with Gasteiger partial charge in [-0.05, 0) is 25.8 Å². The molecule has 2 rings (SSSR count). The summed E-state index contributed by atoms with van der Waals surface area (Å²) in [5.41, 5.74) is 6.50. The van der Waals surface area contributed by atoms with Crippen LogP contribution in [0, 0.1) is 5.82 Å². The van der Waals surface area contributed by atoms with E-state index in [1.54, 1.807) is 17.9 Å². The number of halogens is 1. The maximum Gasteiger partial charge on any atom is 0.260 e. The van der Waals surface area contributed by atoms with Crippen LogP contribution in [-0.2, 0) is 4.79 Å². The van der Waals surface area contributed by atoms with Crippen LogP contribution in [-0.4, -0.2) is 30.5 Å². The largest absolute Gasteiger partial charge is 0.483 e. The molecule has 0 saturated carbocycles. The van der Waals surface area contributed by atoms with Gasteiger partial charge in [-0.25, -0.2) is 4.39 Å². The molecule has 1 heterocycles. The van der Waals surface area contributed by atoms with Crippen LogP contribution in [0.1, 0.15) is 31.4 Å². The van der Waals surface area contributed by atoms with Gasteiger partial charge < -0.3 is 15.4 Å². The topological polar surface area (TPSA) is 55.6 Å². The molecule has 1 fully saturated rings. The fraction of sp³-hybridized carbons (Fsp3) is 0.500. The summed E-state index contributed by atoms with van der Waals surface area (Å²) in [6, 6.07) is 3.94. The van der Waals surface area contributed by atoms with E-state index in [1.807, 2.05) is 0 Å². The number of carbonyl (C=O) groups is 1. The Morgan fingerprint density at radius 3 is 2.79 bits per heavy atom.